The van der Waals surface area contributed by atoms with Crippen LogP contribution < -0.4 is 0 Å². The number of amides is 1. The van der Waals surface area contributed by atoms with Gasteiger partial charge in [0, 0.05) is 19.3 Å². The first kappa shape index (κ1) is 12.8. The van der Waals surface area contributed by atoms with Crippen molar-refractivity contribution in [1.29, 1.82) is 0 Å². The fourth-order valence-electron chi connectivity index (χ4n) is 2.13. The molecule has 0 bridgehead atoms. The lowest BCUT2D eigenvalue weighted by Crippen LogP contribution is -2.29. The van der Waals surface area contributed by atoms with Crippen LogP contribution >= 0.6 is 22.9 Å². The van der Waals surface area contributed by atoms with E-state index >= 15 is 0 Å². The van der Waals surface area contributed by atoms with Crippen LogP contribution in [0.1, 0.15) is 9.67 Å². The van der Waals surface area contributed by atoms with E-state index < -0.39 is 12.2 Å². The highest BCUT2D eigenvalue weighted by Crippen LogP contribution is 2.31. The van der Waals surface area contributed by atoms with Crippen molar-refractivity contribution in [3.05, 3.63) is 28.4 Å². The summed E-state index contributed by atoms with van der Waals surface area (Å²) in [5.41, 5.74) is 0. The summed E-state index contributed by atoms with van der Waals surface area (Å²) >= 11 is 7.25. The summed E-state index contributed by atoms with van der Waals surface area (Å²) in [6.07, 6.45) is -0.151. The third-order valence-electron chi connectivity index (χ3n) is 3.15. The summed E-state index contributed by atoms with van der Waals surface area (Å²) in [6, 6.07) is 3.55. The van der Waals surface area contributed by atoms with Gasteiger partial charge in [0.1, 0.15) is 5.15 Å². The molecule has 2 aromatic rings. The number of rotatable bonds is 1. The van der Waals surface area contributed by atoms with Crippen LogP contribution in [0.3, 0.4) is 0 Å². The highest BCUT2D eigenvalue weighted by Gasteiger charge is 2.33. The fraction of sp³-hybridized carbons (Fsp3) is 0.333. The Kier molecular flexibility index (Phi) is 3.18. The fourth-order valence-corrected chi connectivity index (χ4v) is 3.41. The van der Waals surface area contributed by atoms with Gasteiger partial charge in [-0.15, -0.1) is 11.3 Å². The van der Waals surface area contributed by atoms with Crippen molar-refractivity contribution in [3.63, 3.8) is 0 Å². The van der Waals surface area contributed by atoms with E-state index in [9.17, 15) is 15.0 Å². The molecule has 3 rings (SSSR count). The third-order valence-corrected chi connectivity index (χ3v) is 4.69. The topological polar surface area (TPSA) is 73.7 Å². The van der Waals surface area contributed by atoms with Crippen LogP contribution in [-0.4, -0.2) is 51.3 Å². The van der Waals surface area contributed by atoms with Crippen LogP contribution in [0.15, 0.2) is 18.3 Å². The van der Waals surface area contributed by atoms with Crippen LogP contribution in [0, 0.1) is 0 Å². The van der Waals surface area contributed by atoms with E-state index in [1.54, 1.807) is 18.3 Å². The number of aliphatic hydroxyl groups is 2. The van der Waals surface area contributed by atoms with Crippen molar-refractivity contribution in [2.75, 3.05) is 13.1 Å². The zero-order valence-corrected chi connectivity index (χ0v) is 11.4. The van der Waals surface area contributed by atoms with Crippen molar-refractivity contribution < 1.29 is 15.0 Å². The van der Waals surface area contributed by atoms with E-state index in [4.69, 9.17) is 11.6 Å². The summed E-state index contributed by atoms with van der Waals surface area (Å²) in [5, 5.41) is 20.2. The highest BCUT2D eigenvalue weighted by molar-refractivity contribution is 7.21. The average Bonchev–Trinajstić information content (AvgIpc) is 2.94. The molecule has 0 spiro atoms. The maximum absolute atomic E-state index is 12.3. The van der Waals surface area contributed by atoms with Crippen LogP contribution in [-0.2, 0) is 0 Å². The van der Waals surface area contributed by atoms with E-state index in [1.165, 1.54) is 16.2 Å². The molecule has 7 heteroatoms. The van der Waals surface area contributed by atoms with Crippen molar-refractivity contribution in [3.8, 4) is 0 Å². The molecule has 2 aromatic heterocycles. The number of pyridine rings is 1. The molecule has 3 heterocycles. The number of halogens is 1. The first-order valence-electron chi connectivity index (χ1n) is 5.75. The Morgan fingerprint density at radius 2 is 2.11 bits per heavy atom. The summed E-state index contributed by atoms with van der Waals surface area (Å²) in [7, 11) is 0. The van der Waals surface area contributed by atoms with Crippen molar-refractivity contribution in [1.82, 2.24) is 9.88 Å². The minimum absolute atomic E-state index is 0.153. The molecule has 1 aliphatic heterocycles. The Morgan fingerprint density at radius 1 is 1.42 bits per heavy atom. The molecular formula is C12H11ClN2O3S. The highest BCUT2D eigenvalue weighted by atomic mass is 35.5. The number of hydrogen-bond donors (Lipinski definition) is 2. The third kappa shape index (κ3) is 2.21. The lowest BCUT2D eigenvalue weighted by Gasteiger charge is -2.13. The zero-order chi connectivity index (χ0) is 13.6. The number of aromatic nitrogens is 1. The molecule has 2 N–H and O–H groups in total. The number of carbonyl (C=O) groups excluding carboxylic acids is 1. The summed E-state index contributed by atoms with van der Waals surface area (Å²) < 4.78 is 0.771. The molecule has 1 aliphatic rings. The molecule has 2 atom stereocenters. The second-order valence-corrected chi connectivity index (χ2v) is 5.89. The van der Waals surface area contributed by atoms with Gasteiger partial charge in [0.25, 0.3) is 5.91 Å². The Hall–Kier alpha value is -1.21. The molecule has 19 heavy (non-hydrogen) atoms. The van der Waals surface area contributed by atoms with Crippen LogP contribution in [0.25, 0.3) is 10.1 Å². The van der Waals surface area contributed by atoms with Gasteiger partial charge in [-0.2, -0.15) is 0 Å². The monoisotopic (exact) mass is 298 g/mol. The smallest absolute Gasteiger partial charge is 0.264 e. The molecule has 1 fully saturated rings. The lowest BCUT2D eigenvalue weighted by molar-refractivity contribution is 0.0572. The SMILES string of the molecule is O=C(c1cc2ccnc(Cl)c2s1)N1CC(O)C(O)C1. The van der Waals surface area contributed by atoms with E-state index in [1.807, 2.05) is 0 Å². The van der Waals surface area contributed by atoms with Gasteiger partial charge < -0.3 is 15.1 Å². The predicted molar refractivity (Wildman–Crippen MR) is 72.5 cm³/mol. The number of β-amino-alcohol motifs (C(OH)–C–C–N with tert-alkyl or cyclic N) is 2. The second-order valence-electron chi connectivity index (χ2n) is 4.48. The summed E-state index contributed by atoms with van der Waals surface area (Å²) in [5.74, 6) is -0.201. The van der Waals surface area contributed by atoms with Crippen LogP contribution in [0.2, 0.25) is 5.15 Å². The Labute approximate surface area is 118 Å². The molecule has 0 aliphatic carbocycles. The number of carbonyl (C=O) groups is 1. The number of hydrogen-bond acceptors (Lipinski definition) is 5. The lowest BCUT2D eigenvalue weighted by atomic mass is 10.3. The van der Waals surface area contributed by atoms with Gasteiger partial charge in [-0.3, -0.25) is 4.79 Å². The first-order valence-corrected chi connectivity index (χ1v) is 6.95. The number of thiophene rings is 1. The molecule has 1 amide bonds. The Morgan fingerprint density at radius 3 is 2.74 bits per heavy atom. The minimum Gasteiger partial charge on any atom is -0.388 e. The number of fused-ring (bicyclic) bond motifs is 1. The van der Waals surface area contributed by atoms with Crippen molar-refractivity contribution in [2.45, 2.75) is 12.2 Å². The van der Waals surface area contributed by atoms with Crippen molar-refractivity contribution >= 4 is 38.9 Å². The maximum atomic E-state index is 12.3. The normalized spacial score (nSPS) is 23.2. The Balaban J connectivity index is 1.92. The van der Waals surface area contributed by atoms with Gasteiger partial charge in [0.15, 0.2) is 0 Å². The van der Waals surface area contributed by atoms with E-state index in [0.717, 1.165) is 10.1 Å². The molecule has 5 nitrogen and oxygen atoms in total. The van der Waals surface area contributed by atoms with E-state index in [-0.39, 0.29) is 19.0 Å². The van der Waals surface area contributed by atoms with Crippen LogP contribution in [0.5, 0.6) is 0 Å². The number of likely N-dealkylation sites (tertiary alicyclic amines) is 1. The molecule has 1 saturated heterocycles. The zero-order valence-electron chi connectivity index (χ0n) is 9.78. The molecule has 2 unspecified atom stereocenters. The van der Waals surface area contributed by atoms with Crippen molar-refractivity contribution in [2.24, 2.45) is 0 Å². The van der Waals surface area contributed by atoms with Gasteiger partial charge in [-0.1, -0.05) is 11.6 Å². The first-order chi connectivity index (χ1) is 9.06. The largest absolute Gasteiger partial charge is 0.388 e. The summed E-state index contributed by atoms with van der Waals surface area (Å²) in [4.78, 5) is 18.2. The molecule has 0 radical (unpaired) electrons. The molecule has 0 aromatic carbocycles. The van der Waals surface area contributed by atoms with E-state index in [0.29, 0.717) is 10.0 Å². The molecule has 100 valence electrons. The standard InChI is InChI=1S/C12H11ClN2O3S/c13-11-10-6(1-2-14-11)3-9(19-10)12(18)15-4-7(16)8(17)5-15/h1-3,7-8,16-17H,4-5H2. The molecular weight excluding hydrogens is 288 g/mol. The van der Waals surface area contributed by atoms with Gasteiger partial charge in [0.05, 0.1) is 21.8 Å². The minimum atomic E-state index is -0.872. The van der Waals surface area contributed by atoms with E-state index in [2.05, 4.69) is 4.98 Å². The summed E-state index contributed by atoms with van der Waals surface area (Å²) in [6.45, 7) is 0.306. The number of nitrogens with zero attached hydrogens (tertiary/aromatic N) is 2. The number of aliphatic hydroxyl groups excluding tert-OH is 2. The quantitative estimate of drug-likeness (QED) is 0.774. The van der Waals surface area contributed by atoms with Gasteiger partial charge >= 0.3 is 0 Å². The van der Waals surface area contributed by atoms with Gasteiger partial charge in [0.2, 0.25) is 0 Å². The predicted octanol–water partition coefficient (Wildman–Crippen LogP) is 1.13. The maximum Gasteiger partial charge on any atom is 0.264 e. The second kappa shape index (κ2) is 4.72. The van der Waals surface area contributed by atoms with Gasteiger partial charge in [-0.05, 0) is 17.5 Å². The Bertz CT molecular complexity index is 635. The van der Waals surface area contributed by atoms with Gasteiger partial charge in [-0.25, -0.2) is 4.98 Å². The van der Waals surface area contributed by atoms with Crippen LogP contribution in [0.4, 0.5) is 0 Å². The average molecular weight is 299 g/mol. The molecule has 0 saturated carbocycles.